The molecule has 0 N–H and O–H groups in total. The summed E-state index contributed by atoms with van der Waals surface area (Å²) < 4.78 is 5.45. The van der Waals surface area contributed by atoms with Crippen LogP contribution in [-0.4, -0.2) is 4.98 Å². The largest absolute Gasteiger partial charge is 0.439 e. The Morgan fingerprint density at radius 1 is 1.50 bits per heavy atom. The Hall–Kier alpha value is -0.800. The minimum atomic E-state index is 0.323. The number of aryl methyl sites for hydroxylation is 2. The number of hydrogen-bond donors (Lipinski definition) is 0. The molecule has 2 aromatic heterocycles. The molecule has 0 atom stereocenters. The van der Waals surface area contributed by atoms with Crippen molar-refractivity contribution in [3.05, 3.63) is 28.6 Å². The van der Waals surface area contributed by atoms with Crippen LogP contribution in [0.3, 0.4) is 0 Å². The third-order valence-electron chi connectivity index (χ3n) is 2.08. The van der Waals surface area contributed by atoms with E-state index in [2.05, 4.69) is 24.9 Å². The van der Waals surface area contributed by atoms with Crippen LogP contribution < -0.4 is 0 Å². The quantitative estimate of drug-likeness (QED) is 0.731. The molecule has 2 nitrogen and oxygen atoms in total. The molecular weight excluding hydrogens is 218 g/mol. The van der Waals surface area contributed by atoms with Crippen molar-refractivity contribution in [1.82, 2.24) is 4.98 Å². The van der Waals surface area contributed by atoms with Crippen molar-refractivity contribution in [3.63, 3.8) is 0 Å². The zero-order chi connectivity index (χ0) is 10.1. The van der Waals surface area contributed by atoms with Crippen LogP contribution in [-0.2, 0) is 5.88 Å². The SMILES string of the molecule is Cc1cc(-c2cnc(CCl)o2)sc1C. The zero-order valence-electron chi connectivity index (χ0n) is 8.00. The van der Waals surface area contributed by atoms with Crippen LogP contribution in [0, 0.1) is 13.8 Å². The normalized spacial score (nSPS) is 10.8. The fourth-order valence-electron chi connectivity index (χ4n) is 1.18. The van der Waals surface area contributed by atoms with Gasteiger partial charge in [-0.3, -0.25) is 0 Å². The molecule has 0 amide bonds. The Morgan fingerprint density at radius 2 is 2.29 bits per heavy atom. The fourth-order valence-corrected chi connectivity index (χ4v) is 2.28. The number of rotatable bonds is 2. The molecule has 0 saturated heterocycles. The summed E-state index contributed by atoms with van der Waals surface area (Å²) in [7, 11) is 0. The summed E-state index contributed by atoms with van der Waals surface area (Å²) in [6.45, 7) is 4.19. The molecule has 4 heteroatoms. The van der Waals surface area contributed by atoms with Gasteiger partial charge in [-0.1, -0.05) is 0 Å². The molecular formula is C10H10ClNOS. The van der Waals surface area contributed by atoms with Gasteiger partial charge in [0.05, 0.1) is 17.0 Å². The topological polar surface area (TPSA) is 26.0 Å². The van der Waals surface area contributed by atoms with E-state index in [1.54, 1.807) is 17.5 Å². The highest BCUT2D eigenvalue weighted by atomic mass is 35.5. The number of hydrogen-bond acceptors (Lipinski definition) is 3. The Balaban J connectivity index is 2.39. The summed E-state index contributed by atoms with van der Waals surface area (Å²) in [5, 5.41) is 0. The van der Waals surface area contributed by atoms with E-state index in [0.717, 1.165) is 10.6 Å². The lowest BCUT2D eigenvalue weighted by atomic mass is 10.3. The standard InChI is InChI=1S/C10H10ClNOS/c1-6-3-9(14-7(6)2)8-5-12-10(4-11)13-8/h3,5H,4H2,1-2H3. The summed E-state index contributed by atoms with van der Waals surface area (Å²) >= 11 is 7.33. The molecule has 0 fully saturated rings. The molecule has 0 saturated carbocycles. The van der Waals surface area contributed by atoms with E-state index in [4.69, 9.17) is 16.0 Å². The van der Waals surface area contributed by atoms with Gasteiger partial charge in [0, 0.05) is 4.88 Å². The van der Waals surface area contributed by atoms with Gasteiger partial charge in [-0.2, -0.15) is 0 Å². The number of aromatic nitrogens is 1. The monoisotopic (exact) mass is 227 g/mol. The van der Waals surface area contributed by atoms with E-state index in [1.165, 1.54) is 10.4 Å². The summed E-state index contributed by atoms with van der Waals surface area (Å²) in [5.74, 6) is 1.70. The van der Waals surface area contributed by atoms with E-state index in [-0.39, 0.29) is 0 Å². The smallest absolute Gasteiger partial charge is 0.209 e. The van der Waals surface area contributed by atoms with Crippen molar-refractivity contribution in [2.45, 2.75) is 19.7 Å². The minimum Gasteiger partial charge on any atom is -0.439 e. The lowest BCUT2D eigenvalue weighted by Crippen LogP contribution is -1.70. The van der Waals surface area contributed by atoms with Crippen molar-refractivity contribution < 1.29 is 4.42 Å². The summed E-state index contributed by atoms with van der Waals surface area (Å²) in [5.41, 5.74) is 1.29. The highest BCUT2D eigenvalue weighted by molar-refractivity contribution is 7.15. The van der Waals surface area contributed by atoms with Gasteiger partial charge in [-0.15, -0.1) is 22.9 Å². The van der Waals surface area contributed by atoms with Crippen LogP contribution in [0.1, 0.15) is 16.3 Å². The maximum Gasteiger partial charge on any atom is 0.209 e. The van der Waals surface area contributed by atoms with Crippen LogP contribution in [0.15, 0.2) is 16.7 Å². The number of halogens is 1. The van der Waals surface area contributed by atoms with Crippen molar-refractivity contribution in [3.8, 4) is 10.6 Å². The number of thiophene rings is 1. The van der Waals surface area contributed by atoms with Crippen molar-refractivity contribution in [2.75, 3.05) is 0 Å². The van der Waals surface area contributed by atoms with Crippen LogP contribution >= 0.6 is 22.9 Å². The summed E-state index contributed by atoms with van der Waals surface area (Å²) in [6, 6.07) is 2.11. The van der Waals surface area contributed by atoms with Crippen molar-refractivity contribution in [2.24, 2.45) is 0 Å². The molecule has 74 valence electrons. The van der Waals surface area contributed by atoms with Gasteiger partial charge < -0.3 is 4.42 Å². The molecule has 2 rings (SSSR count). The molecule has 0 unspecified atom stereocenters. The van der Waals surface area contributed by atoms with E-state index < -0.39 is 0 Å². The average molecular weight is 228 g/mol. The predicted molar refractivity (Wildman–Crippen MR) is 58.8 cm³/mol. The second-order valence-corrected chi connectivity index (χ2v) is 4.63. The van der Waals surface area contributed by atoms with Crippen molar-refractivity contribution >= 4 is 22.9 Å². The molecule has 0 aliphatic heterocycles. The maximum absolute atomic E-state index is 5.61. The number of nitrogens with zero attached hydrogens (tertiary/aromatic N) is 1. The van der Waals surface area contributed by atoms with Crippen molar-refractivity contribution in [1.29, 1.82) is 0 Å². The molecule has 0 aliphatic rings. The van der Waals surface area contributed by atoms with Gasteiger partial charge in [0.25, 0.3) is 0 Å². The van der Waals surface area contributed by atoms with Crippen LogP contribution in [0.25, 0.3) is 10.6 Å². The van der Waals surface area contributed by atoms with E-state index in [0.29, 0.717) is 11.8 Å². The van der Waals surface area contributed by atoms with Gasteiger partial charge in [0.2, 0.25) is 5.89 Å². The average Bonchev–Trinajstić information content (AvgIpc) is 2.74. The third kappa shape index (κ3) is 1.70. The highest BCUT2D eigenvalue weighted by Gasteiger charge is 2.09. The number of oxazole rings is 1. The van der Waals surface area contributed by atoms with E-state index >= 15 is 0 Å². The maximum atomic E-state index is 5.61. The Morgan fingerprint density at radius 3 is 2.79 bits per heavy atom. The lowest BCUT2D eigenvalue weighted by molar-refractivity contribution is 0.530. The van der Waals surface area contributed by atoms with Gasteiger partial charge in [0.1, 0.15) is 0 Å². The first-order chi connectivity index (χ1) is 6.70. The van der Waals surface area contributed by atoms with Gasteiger partial charge in [0.15, 0.2) is 5.76 Å². The van der Waals surface area contributed by atoms with Crippen LogP contribution in [0.4, 0.5) is 0 Å². The summed E-state index contributed by atoms with van der Waals surface area (Å²) in [6.07, 6.45) is 1.72. The first kappa shape index (κ1) is 9.74. The van der Waals surface area contributed by atoms with Gasteiger partial charge >= 0.3 is 0 Å². The molecule has 0 aromatic carbocycles. The molecule has 2 aromatic rings. The Labute approximate surface area is 91.5 Å². The second kappa shape index (κ2) is 3.75. The molecule has 0 spiro atoms. The van der Waals surface area contributed by atoms with E-state index in [9.17, 15) is 0 Å². The highest BCUT2D eigenvalue weighted by Crippen LogP contribution is 2.31. The Bertz CT molecular complexity index is 427. The lowest BCUT2D eigenvalue weighted by Gasteiger charge is -1.87. The number of alkyl halides is 1. The van der Waals surface area contributed by atoms with Crippen LogP contribution in [0.5, 0.6) is 0 Å². The van der Waals surface area contributed by atoms with Gasteiger partial charge in [-0.05, 0) is 25.5 Å². The Kier molecular flexibility index (Phi) is 2.61. The third-order valence-corrected chi connectivity index (χ3v) is 3.47. The van der Waals surface area contributed by atoms with E-state index in [1.807, 2.05) is 0 Å². The summed E-state index contributed by atoms with van der Waals surface area (Å²) in [4.78, 5) is 6.48. The second-order valence-electron chi connectivity index (χ2n) is 3.10. The molecule has 14 heavy (non-hydrogen) atoms. The first-order valence-electron chi connectivity index (χ1n) is 4.29. The predicted octanol–water partition coefficient (Wildman–Crippen LogP) is 3.76. The van der Waals surface area contributed by atoms with Crippen LogP contribution in [0.2, 0.25) is 0 Å². The molecule has 2 heterocycles. The molecule has 0 radical (unpaired) electrons. The first-order valence-corrected chi connectivity index (χ1v) is 5.64. The fraction of sp³-hybridized carbons (Fsp3) is 0.300. The minimum absolute atomic E-state index is 0.323. The van der Waals surface area contributed by atoms with Gasteiger partial charge in [-0.25, -0.2) is 4.98 Å². The molecule has 0 bridgehead atoms. The zero-order valence-corrected chi connectivity index (χ0v) is 9.58. The molecule has 0 aliphatic carbocycles.